The first-order valence-electron chi connectivity index (χ1n) is 7.80. The van der Waals surface area contributed by atoms with Gasteiger partial charge in [0.15, 0.2) is 0 Å². The first-order valence-corrected chi connectivity index (χ1v) is 9.02. The van der Waals surface area contributed by atoms with Crippen molar-refractivity contribution in [1.82, 2.24) is 15.3 Å². The highest BCUT2D eigenvalue weighted by Crippen LogP contribution is 2.23. The summed E-state index contributed by atoms with van der Waals surface area (Å²) in [5, 5.41) is 3.66. The molecule has 0 unspecified atom stereocenters. The largest absolute Gasteiger partial charge is 0.497 e. The van der Waals surface area contributed by atoms with Gasteiger partial charge < -0.3 is 10.1 Å². The average Bonchev–Trinajstić information content (AvgIpc) is 2.58. The third-order valence-electron chi connectivity index (χ3n) is 3.60. The van der Waals surface area contributed by atoms with Crippen LogP contribution >= 0.6 is 11.8 Å². The van der Waals surface area contributed by atoms with E-state index in [4.69, 9.17) is 4.74 Å². The maximum absolute atomic E-state index is 12.6. The predicted molar refractivity (Wildman–Crippen MR) is 96.8 cm³/mol. The SMILES string of the molecule is COc1cccc(CNC(=O)c2c(C)nc(C(C)C)nc2SC)c1. The Kier molecular flexibility index (Phi) is 6.20. The van der Waals surface area contributed by atoms with Crippen LogP contribution in [-0.4, -0.2) is 29.2 Å². The molecule has 0 atom stereocenters. The number of thioether (sulfide) groups is 1. The molecule has 0 aliphatic rings. The molecule has 0 bridgehead atoms. The zero-order chi connectivity index (χ0) is 17.7. The minimum absolute atomic E-state index is 0.157. The highest BCUT2D eigenvalue weighted by atomic mass is 32.2. The van der Waals surface area contributed by atoms with Crippen LogP contribution in [0, 0.1) is 6.92 Å². The summed E-state index contributed by atoms with van der Waals surface area (Å²) < 4.78 is 5.20. The molecule has 1 N–H and O–H groups in total. The molecule has 6 heteroatoms. The number of hydrogen-bond donors (Lipinski definition) is 1. The molecular formula is C18H23N3O2S. The van der Waals surface area contributed by atoms with Gasteiger partial charge in [0.25, 0.3) is 5.91 Å². The number of aryl methyl sites for hydroxylation is 1. The van der Waals surface area contributed by atoms with E-state index in [9.17, 15) is 4.79 Å². The number of hydrogen-bond acceptors (Lipinski definition) is 5. The number of aromatic nitrogens is 2. The number of benzene rings is 1. The second-order valence-corrected chi connectivity index (χ2v) is 6.54. The molecular weight excluding hydrogens is 322 g/mol. The van der Waals surface area contributed by atoms with Crippen molar-refractivity contribution in [3.63, 3.8) is 0 Å². The molecule has 1 heterocycles. The molecule has 0 saturated carbocycles. The van der Waals surface area contributed by atoms with E-state index in [0.29, 0.717) is 22.8 Å². The summed E-state index contributed by atoms with van der Waals surface area (Å²) in [7, 11) is 1.62. The molecule has 0 aliphatic heterocycles. The standard InChI is InChI=1S/C18H23N3O2S/c1-11(2)16-20-12(3)15(18(21-16)24-5)17(22)19-10-13-7-6-8-14(9-13)23-4/h6-9,11H,10H2,1-5H3,(H,19,22). The van der Waals surface area contributed by atoms with Crippen LogP contribution in [0.25, 0.3) is 0 Å². The molecule has 1 aromatic carbocycles. The topological polar surface area (TPSA) is 64.1 Å². The number of carbonyl (C=O) groups is 1. The van der Waals surface area contributed by atoms with Crippen molar-refractivity contribution >= 4 is 17.7 Å². The van der Waals surface area contributed by atoms with Gasteiger partial charge in [-0.15, -0.1) is 11.8 Å². The number of amides is 1. The fourth-order valence-electron chi connectivity index (χ4n) is 2.29. The van der Waals surface area contributed by atoms with E-state index in [1.54, 1.807) is 7.11 Å². The molecule has 0 saturated heterocycles. The second kappa shape index (κ2) is 8.15. The van der Waals surface area contributed by atoms with Crippen LogP contribution < -0.4 is 10.1 Å². The van der Waals surface area contributed by atoms with Crippen molar-refractivity contribution < 1.29 is 9.53 Å². The van der Waals surface area contributed by atoms with Crippen molar-refractivity contribution in [3.05, 3.63) is 46.9 Å². The second-order valence-electron chi connectivity index (χ2n) is 5.74. The fourth-order valence-corrected chi connectivity index (χ4v) is 2.92. The lowest BCUT2D eigenvalue weighted by atomic mass is 10.1. The molecule has 2 rings (SSSR count). The van der Waals surface area contributed by atoms with Crippen LogP contribution in [0.5, 0.6) is 5.75 Å². The summed E-state index contributed by atoms with van der Waals surface area (Å²) in [4.78, 5) is 21.6. The third-order valence-corrected chi connectivity index (χ3v) is 4.28. The van der Waals surface area contributed by atoms with E-state index >= 15 is 0 Å². The number of carbonyl (C=O) groups excluding carboxylic acids is 1. The van der Waals surface area contributed by atoms with Gasteiger partial charge in [-0.3, -0.25) is 4.79 Å². The smallest absolute Gasteiger partial charge is 0.256 e. The van der Waals surface area contributed by atoms with E-state index in [1.807, 2.05) is 51.3 Å². The molecule has 0 aliphatic carbocycles. The summed E-state index contributed by atoms with van der Waals surface area (Å²) in [6.07, 6.45) is 1.92. The van der Waals surface area contributed by atoms with Gasteiger partial charge in [-0.05, 0) is 30.9 Å². The van der Waals surface area contributed by atoms with Gasteiger partial charge in [-0.25, -0.2) is 9.97 Å². The normalized spacial score (nSPS) is 10.8. The van der Waals surface area contributed by atoms with Crippen LogP contribution in [0.2, 0.25) is 0 Å². The molecule has 0 radical (unpaired) electrons. The lowest BCUT2D eigenvalue weighted by Gasteiger charge is -2.13. The summed E-state index contributed by atoms with van der Waals surface area (Å²) in [6.45, 7) is 6.37. The van der Waals surface area contributed by atoms with Crippen molar-refractivity contribution in [2.45, 2.75) is 38.3 Å². The first kappa shape index (κ1) is 18.3. The Morgan fingerprint density at radius 3 is 2.71 bits per heavy atom. The molecule has 24 heavy (non-hydrogen) atoms. The van der Waals surface area contributed by atoms with Gasteiger partial charge in [0, 0.05) is 12.5 Å². The van der Waals surface area contributed by atoms with Gasteiger partial charge in [0.05, 0.1) is 18.4 Å². The van der Waals surface area contributed by atoms with E-state index in [0.717, 1.165) is 17.1 Å². The summed E-state index contributed by atoms with van der Waals surface area (Å²) in [6, 6.07) is 7.63. The van der Waals surface area contributed by atoms with Crippen molar-refractivity contribution in [1.29, 1.82) is 0 Å². The predicted octanol–water partition coefficient (Wildman–Crippen LogP) is 3.57. The molecule has 1 amide bonds. The Morgan fingerprint density at radius 2 is 2.08 bits per heavy atom. The number of rotatable bonds is 6. The monoisotopic (exact) mass is 345 g/mol. The van der Waals surface area contributed by atoms with Gasteiger partial charge in [-0.1, -0.05) is 26.0 Å². The maximum Gasteiger partial charge on any atom is 0.256 e. The Hall–Kier alpha value is -2.08. The average molecular weight is 345 g/mol. The highest BCUT2D eigenvalue weighted by molar-refractivity contribution is 7.98. The third kappa shape index (κ3) is 4.26. The Morgan fingerprint density at radius 1 is 1.33 bits per heavy atom. The van der Waals surface area contributed by atoms with Gasteiger partial charge in [0.1, 0.15) is 16.6 Å². The minimum atomic E-state index is -0.157. The summed E-state index contributed by atoms with van der Waals surface area (Å²) in [5.74, 6) is 1.60. The van der Waals surface area contributed by atoms with Crippen LogP contribution in [0.3, 0.4) is 0 Å². The van der Waals surface area contributed by atoms with Crippen LogP contribution in [-0.2, 0) is 6.54 Å². The molecule has 1 aromatic heterocycles. The van der Waals surface area contributed by atoms with Crippen LogP contribution in [0.1, 0.15) is 47.2 Å². The van der Waals surface area contributed by atoms with Crippen molar-refractivity contribution in [2.75, 3.05) is 13.4 Å². The van der Waals surface area contributed by atoms with Crippen LogP contribution in [0.15, 0.2) is 29.3 Å². The number of ether oxygens (including phenoxy) is 1. The van der Waals surface area contributed by atoms with Gasteiger partial charge in [-0.2, -0.15) is 0 Å². The van der Waals surface area contributed by atoms with Crippen molar-refractivity contribution in [2.24, 2.45) is 0 Å². The Balaban J connectivity index is 2.20. The summed E-state index contributed by atoms with van der Waals surface area (Å²) >= 11 is 1.47. The Labute approximate surface area is 147 Å². The lowest BCUT2D eigenvalue weighted by Crippen LogP contribution is -2.25. The molecule has 0 spiro atoms. The lowest BCUT2D eigenvalue weighted by molar-refractivity contribution is 0.0946. The van der Waals surface area contributed by atoms with E-state index in [-0.39, 0.29) is 11.8 Å². The van der Waals surface area contributed by atoms with E-state index in [2.05, 4.69) is 15.3 Å². The number of methoxy groups -OCH3 is 1. The molecule has 5 nitrogen and oxygen atoms in total. The van der Waals surface area contributed by atoms with Crippen LogP contribution in [0.4, 0.5) is 0 Å². The number of nitrogens with zero attached hydrogens (tertiary/aromatic N) is 2. The summed E-state index contributed by atoms with van der Waals surface area (Å²) in [5.41, 5.74) is 2.24. The Bertz CT molecular complexity index is 732. The van der Waals surface area contributed by atoms with E-state index in [1.165, 1.54) is 11.8 Å². The van der Waals surface area contributed by atoms with E-state index < -0.39 is 0 Å². The maximum atomic E-state index is 12.6. The van der Waals surface area contributed by atoms with Crippen molar-refractivity contribution in [3.8, 4) is 5.75 Å². The minimum Gasteiger partial charge on any atom is -0.497 e. The van der Waals surface area contributed by atoms with Gasteiger partial charge >= 0.3 is 0 Å². The molecule has 2 aromatic rings. The van der Waals surface area contributed by atoms with Gasteiger partial charge in [0.2, 0.25) is 0 Å². The first-order chi connectivity index (χ1) is 11.5. The highest BCUT2D eigenvalue weighted by Gasteiger charge is 2.19. The number of nitrogens with one attached hydrogen (secondary N) is 1. The zero-order valence-corrected chi connectivity index (χ0v) is 15.5. The fraction of sp³-hybridized carbons (Fsp3) is 0.389. The zero-order valence-electron chi connectivity index (χ0n) is 14.7. The molecule has 128 valence electrons. The quantitative estimate of drug-likeness (QED) is 0.640. The molecule has 0 fully saturated rings.